The van der Waals surface area contributed by atoms with Gasteiger partial charge in [0.25, 0.3) is 5.91 Å². The van der Waals surface area contributed by atoms with Crippen molar-refractivity contribution in [1.29, 1.82) is 0 Å². The van der Waals surface area contributed by atoms with Crippen LogP contribution in [0.3, 0.4) is 0 Å². The van der Waals surface area contributed by atoms with E-state index < -0.39 is 0 Å². The Morgan fingerprint density at radius 1 is 1.00 bits per heavy atom. The summed E-state index contributed by atoms with van der Waals surface area (Å²) in [4.78, 5) is 34.5. The van der Waals surface area contributed by atoms with Gasteiger partial charge in [0.2, 0.25) is 0 Å². The summed E-state index contributed by atoms with van der Waals surface area (Å²) in [5, 5.41) is 2.82. The van der Waals surface area contributed by atoms with Gasteiger partial charge in [-0.1, -0.05) is 40.2 Å². The summed E-state index contributed by atoms with van der Waals surface area (Å²) in [7, 11) is 0. The molecule has 0 bridgehead atoms. The van der Waals surface area contributed by atoms with Crippen molar-refractivity contribution in [2.45, 2.75) is 6.54 Å². The summed E-state index contributed by atoms with van der Waals surface area (Å²) in [6.07, 6.45) is 0. The fourth-order valence-corrected chi connectivity index (χ4v) is 3.90. The molecule has 2 aromatic carbocycles. The first kappa shape index (κ1) is 19.5. The molecule has 0 saturated carbocycles. The van der Waals surface area contributed by atoms with E-state index >= 15 is 0 Å². The molecule has 0 atom stereocenters. The Morgan fingerprint density at radius 2 is 1.76 bits per heavy atom. The van der Waals surface area contributed by atoms with E-state index in [1.807, 2.05) is 42.5 Å². The number of aromatic nitrogens is 2. The molecule has 1 aromatic heterocycles. The zero-order valence-electron chi connectivity index (χ0n) is 15.8. The minimum atomic E-state index is -0.369. The van der Waals surface area contributed by atoms with Crippen LogP contribution in [0.2, 0.25) is 0 Å². The number of halogens is 1. The average Bonchev–Trinajstić information content (AvgIpc) is 3.09. The lowest BCUT2D eigenvalue weighted by Gasteiger charge is -2.36. The molecule has 1 aliphatic rings. The van der Waals surface area contributed by atoms with Gasteiger partial charge in [-0.3, -0.25) is 9.69 Å². The van der Waals surface area contributed by atoms with Crippen LogP contribution in [0, 0.1) is 0 Å². The van der Waals surface area contributed by atoms with Crippen LogP contribution in [0.4, 0.5) is 11.4 Å². The fraction of sp³-hybridized carbons (Fsp3) is 0.238. The van der Waals surface area contributed by atoms with Gasteiger partial charge in [-0.15, -0.1) is 0 Å². The molecule has 0 aliphatic carbocycles. The smallest absolute Gasteiger partial charge is 0.323 e. The number of carbonyl (C=O) groups excluding carboxylic acids is 1. The Hall–Kier alpha value is -2.84. The molecular formula is C21H22BrN5O2. The second kappa shape index (κ2) is 8.67. The second-order valence-corrected chi connectivity index (χ2v) is 7.91. The van der Waals surface area contributed by atoms with Gasteiger partial charge in [-0.2, -0.15) is 0 Å². The van der Waals surface area contributed by atoms with Gasteiger partial charge in [0.1, 0.15) is 5.69 Å². The van der Waals surface area contributed by atoms with Crippen LogP contribution in [-0.2, 0) is 6.54 Å². The summed E-state index contributed by atoms with van der Waals surface area (Å²) >= 11 is 3.52. The molecule has 7 nitrogen and oxygen atoms in total. The third-order valence-corrected chi connectivity index (χ3v) is 5.48. The normalized spacial score (nSPS) is 14.7. The van der Waals surface area contributed by atoms with Gasteiger partial charge in [-0.25, -0.2) is 4.79 Å². The lowest BCUT2D eigenvalue weighted by atomic mass is 10.2. The van der Waals surface area contributed by atoms with E-state index in [9.17, 15) is 9.59 Å². The lowest BCUT2D eigenvalue weighted by molar-refractivity contribution is 0.102. The summed E-state index contributed by atoms with van der Waals surface area (Å²) in [5.74, 6) is -0.322. The van der Waals surface area contributed by atoms with Gasteiger partial charge >= 0.3 is 5.69 Å². The maximum Gasteiger partial charge on any atom is 0.323 e. The zero-order chi connectivity index (χ0) is 20.2. The first-order valence-corrected chi connectivity index (χ1v) is 10.3. The number of rotatable bonds is 5. The van der Waals surface area contributed by atoms with Gasteiger partial charge < -0.3 is 20.2 Å². The highest BCUT2D eigenvalue weighted by Crippen LogP contribution is 2.21. The van der Waals surface area contributed by atoms with Crippen molar-refractivity contribution in [3.8, 4) is 0 Å². The highest BCUT2D eigenvalue weighted by molar-refractivity contribution is 9.10. The van der Waals surface area contributed by atoms with Gasteiger partial charge in [0, 0.05) is 48.6 Å². The molecule has 3 N–H and O–H groups in total. The van der Waals surface area contributed by atoms with Gasteiger partial charge in [0.15, 0.2) is 0 Å². The standard InChI is InChI=1S/C21H22BrN5O2/c22-15-5-4-8-17(13-15)27-11-9-26(10-12-27)14-18-19(25-21(29)24-18)20(28)23-16-6-2-1-3-7-16/h1-8,13H,9-12,14H2,(H,23,28)(H2,24,25,29). The lowest BCUT2D eigenvalue weighted by Crippen LogP contribution is -2.46. The Labute approximate surface area is 176 Å². The molecule has 0 radical (unpaired) electrons. The van der Waals surface area contributed by atoms with Crippen LogP contribution in [0.15, 0.2) is 63.9 Å². The van der Waals surface area contributed by atoms with Crippen LogP contribution >= 0.6 is 15.9 Å². The van der Waals surface area contributed by atoms with E-state index in [1.54, 1.807) is 0 Å². The van der Waals surface area contributed by atoms with E-state index in [1.165, 1.54) is 5.69 Å². The first-order valence-electron chi connectivity index (χ1n) is 9.49. The first-order chi connectivity index (χ1) is 14.1. The van der Waals surface area contributed by atoms with Crippen LogP contribution in [0.1, 0.15) is 16.2 Å². The summed E-state index contributed by atoms with van der Waals surface area (Å²) in [6, 6.07) is 17.5. The Balaban J connectivity index is 1.40. The number of aromatic amines is 2. The molecule has 29 heavy (non-hydrogen) atoms. The largest absolute Gasteiger partial charge is 0.369 e. The molecule has 1 saturated heterocycles. The van der Waals surface area contributed by atoms with Gasteiger partial charge in [0.05, 0.1) is 5.69 Å². The maximum atomic E-state index is 12.6. The Kier molecular flexibility index (Phi) is 5.82. The number of hydrogen-bond donors (Lipinski definition) is 3. The summed E-state index contributed by atoms with van der Waals surface area (Å²) < 4.78 is 1.07. The number of nitrogens with zero attached hydrogens (tertiary/aromatic N) is 2. The molecule has 4 rings (SSSR count). The van der Waals surface area contributed by atoms with Crippen molar-refractivity contribution in [1.82, 2.24) is 14.9 Å². The molecule has 1 amide bonds. The van der Waals surface area contributed by atoms with E-state index in [2.05, 4.69) is 53.1 Å². The summed E-state index contributed by atoms with van der Waals surface area (Å²) in [5.41, 5.74) is 2.41. The Morgan fingerprint density at radius 3 is 2.48 bits per heavy atom. The molecule has 150 valence electrons. The molecule has 3 aromatic rings. The number of carbonyl (C=O) groups is 1. The number of nitrogens with one attached hydrogen (secondary N) is 3. The van der Waals surface area contributed by atoms with Crippen LogP contribution < -0.4 is 15.9 Å². The molecule has 0 unspecified atom stereocenters. The number of para-hydroxylation sites is 1. The second-order valence-electron chi connectivity index (χ2n) is 7.00. The highest BCUT2D eigenvalue weighted by Gasteiger charge is 2.22. The molecule has 0 spiro atoms. The third kappa shape index (κ3) is 4.78. The van der Waals surface area contributed by atoms with E-state index in [-0.39, 0.29) is 17.3 Å². The van der Waals surface area contributed by atoms with E-state index in [0.29, 0.717) is 17.9 Å². The molecule has 1 fully saturated rings. The number of amides is 1. The van der Waals surface area contributed by atoms with Crippen molar-refractivity contribution in [3.05, 3.63) is 80.9 Å². The van der Waals surface area contributed by atoms with Crippen LogP contribution in [-0.4, -0.2) is 47.0 Å². The average molecular weight is 456 g/mol. The van der Waals surface area contributed by atoms with Crippen molar-refractivity contribution in [2.24, 2.45) is 0 Å². The van der Waals surface area contributed by atoms with Crippen LogP contribution in [0.5, 0.6) is 0 Å². The minimum absolute atomic E-state index is 0.285. The molecule has 1 aliphatic heterocycles. The number of imidazole rings is 1. The fourth-order valence-electron chi connectivity index (χ4n) is 3.51. The van der Waals surface area contributed by atoms with Gasteiger partial charge in [-0.05, 0) is 30.3 Å². The monoisotopic (exact) mass is 455 g/mol. The number of piperazine rings is 1. The summed E-state index contributed by atoms with van der Waals surface area (Å²) in [6.45, 7) is 3.98. The topological polar surface area (TPSA) is 84.2 Å². The number of anilines is 2. The number of H-pyrrole nitrogens is 2. The van der Waals surface area contributed by atoms with E-state index in [4.69, 9.17) is 0 Å². The van der Waals surface area contributed by atoms with E-state index in [0.717, 1.165) is 30.7 Å². The highest BCUT2D eigenvalue weighted by atomic mass is 79.9. The predicted octanol–water partition coefficient (Wildman–Crippen LogP) is 3.04. The third-order valence-electron chi connectivity index (χ3n) is 4.99. The number of hydrogen-bond acceptors (Lipinski definition) is 4. The van der Waals surface area contributed by atoms with Crippen LogP contribution in [0.25, 0.3) is 0 Å². The maximum absolute atomic E-state index is 12.6. The van der Waals surface area contributed by atoms with Crippen molar-refractivity contribution < 1.29 is 4.79 Å². The zero-order valence-corrected chi connectivity index (χ0v) is 17.4. The number of benzene rings is 2. The SMILES string of the molecule is O=C(Nc1ccccc1)c1[nH]c(=O)[nH]c1CN1CCN(c2cccc(Br)c2)CC1. The molecule has 8 heteroatoms. The van der Waals surface area contributed by atoms with Crippen molar-refractivity contribution >= 4 is 33.2 Å². The van der Waals surface area contributed by atoms with Crippen molar-refractivity contribution in [2.75, 3.05) is 36.4 Å². The Bertz CT molecular complexity index is 1040. The quantitative estimate of drug-likeness (QED) is 0.551. The molecular weight excluding hydrogens is 434 g/mol. The minimum Gasteiger partial charge on any atom is -0.369 e. The molecule has 2 heterocycles. The van der Waals surface area contributed by atoms with Crippen molar-refractivity contribution in [3.63, 3.8) is 0 Å². The predicted molar refractivity (Wildman–Crippen MR) is 117 cm³/mol.